The second kappa shape index (κ2) is 8.93. The van der Waals surface area contributed by atoms with E-state index in [0.29, 0.717) is 23.4 Å². The largest absolute Gasteiger partial charge is 0.322 e. The maximum atomic E-state index is 14.2. The standard InChI is InChI=1S/C29H34OP2/c1-19-8-13-23(14-9-19)31(24-15-10-20(2)11-16-24)27-7-5-6-26-22(4)25-17-12-21(3)18-28(25)32(30)29(26)27/h5-11,13-16,21-22,25,28,32H,12,17-18H2,1-4H3/t21-,22?,25+,28-/m1/s1. The van der Waals surface area contributed by atoms with E-state index in [9.17, 15) is 4.57 Å². The lowest BCUT2D eigenvalue weighted by atomic mass is 9.74. The second-order valence-electron chi connectivity index (χ2n) is 10.1. The van der Waals surface area contributed by atoms with Crippen molar-refractivity contribution in [1.82, 2.24) is 0 Å². The van der Waals surface area contributed by atoms with Gasteiger partial charge in [0.15, 0.2) is 0 Å². The molecule has 1 heterocycles. The molecule has 1 nitrogen and oxygen atoms in total. The van der Waals surface area contributed by atoms with Crippen LogP contribution in [0, 0.1) is 25.7 Å². The third-order valence-electron chi connectivity index (χ3n) is 7.78. The summed E-state index contributed by atoms with van der Waals surface area (Å²) in [4.78, 5) is 0. The van der Waals surface area contributed by atoms with E-state index in [2.05, 4.69) is 94.4 Å². The maximum absolute atomic E-state index is 14.2. The van der Waals surface area contributed by atoms with Gasteiger partial charge in [-0.2, -0.15) is 0 Å². The number of rotatable bonds is 3. The quantitative estimate of drug-likeness (QED) is 0.427. The molecule has 3 heteroatoms. The van der Waals surface area contributed by atoms with Gasteiger partial charge in [-0.25, -0.2) is 0 Å². The summed E-state index contributed by atoms with van der Waals surface area (Å²) in [6, 6.07) is 24.8. The van der Waals surface area contributed by atoms with Crippen LogP contribution in [0.2, 0.25) is 0 Å². The van der Waals surface area contributed by atoms with Crippen molar-refractivity contribution < 1.29 is 4.57 Å². The first-order chi connectivity index (χ1) is 15.4. The molecule has 0 saturated heterocycles. The Balaban J connectivity index is 1.70. The average Bonchev–Trinajstić information content (AvgIpc) is 2.80. The van der Waals surface area contributed by atoms with Gasteiger partial charge in [-0.3, -0.25) is 0 Å². The Morgan fingerprint density at radius 3 is 2.00 bits per heavy atom. The number of fused-ring (bicyclic) bond motifs is 2. The van der Waals surface area contributed by atoms with Crippen LogP contribution in [0.5, 0.6) is 0 Å². The SMILES string of the molecule is Cc1ccc(P(c2ccc(C)cc2)c2cccc3c2[PH](=O)[C@@H]2C[C@H](C)CC[C@H]2C3C)cc1. The predicted octanol–water partition coefficient (Wildman–Crippen LogP) is 6.17. The Morgan fingerprint density at radius 2 is 1.41 bits per heavy atom. The van der Waals surface area contributed by atoms with E-state index >= 15 is 0 Å². The van der Waals surface area contributed by atoms with Gasteiger partial charge in [0, 0.05) is 11.0 Å². The molecule has 3 aromatic carbocycles. The van der Waals surface area contributed by atoms with Crippen LogP contribution >= 0.6 is 15.7 Å². The van der Waals surface area contributed by atoms with E-state index < -0.39 is 15.7 Å². The first-order valence-corrected chi connectivity index (χ1v) is 14.9. The fraction of sp³-hybridized carbons (Fsp3) is 0.379. The smallest absolute Gasteiger partial charge is 0.108 e. The Kier molecular flexibility index (Phi) is 6.17. The van der Waals surface area contributed by atoms with Crippen LogP contribution in [0.3, 0.4) is 0 Å². The van der Waals surface area contributed by atoms with Crippen molar-refractivity contribution in [2.45, 2.75) is 58.5 Å². The molecule has 5 atom stereocenters. The molecule has 1 aliphatic carbocycles. The third kappa shape index (κ3) is 3.93. The highest BCUT2D eigenvalue weighted by molar-refractivity contribution is 7.81. The Morgan fingerprint density at radius 1 is 0.812 bits per heavy atom. The van der Waals surface area contributed by atoms with Crippen LogP contribution in [0.4, 0.5) is 0 Å². The molecule has 0 aromatic heterocycles. The lowest BCUT2D eigenvalue weighted by Crippen LogP contribution is -2.42. The Bertz CT molecular complexity index is 1090. The Hall–Kier alpha value is -1.68. The average molecular weight is 461 g/mol. The molecule has 166 valence electrons. The summed E-state index contributed by atoms with van der Waals surface area (Å²) < 4.78 is 14.2. The first kappa shape index (κ1) is 22.1. The maximum Gasteiger partial charge on any atom is 0.108 e. The predicted molar refractivity (Wildman–Crippen MR) is 142 cm³/mol. The van der Waals surface area contributed by atoms with Crippen LogP contribution in [0.1, 0.15) is 55.7 Å². The van der Waals surface area contributed by atoms with E-state index in [-0.39, 0.29) is 0 Å². The summed E-state index contributed by atoms with van der Waals surface area (Å²) in [6.07, 6.45) is 3.65. The van der Waals surface area contributed by atoms with E-state index in [4.69, 9.17) is 0 Å². The molecule has 0 radical (unpaired) electrons. The summed E-state index contributed by atoms with van der Waals surface area (Å²) in [5, 5.41) is 5.26. The highest BCUT2D eigenvalue weighted by Crippen LogP contribution is 2.53. The van der Waals surface area contributed by atoms with Gasteiger partial charge in [0.1, 0.15) is 7.80 Å². The van der Waals surface area contributed by atoms with Crippen LogP contribution in [0.25, 0.3) is 0 Å². The topological polar surface area (TPSA) is 17.1 Å². The number of aryl methyl sites for hydroxylation is 2. The van der Waals surface area contributed by atoms with Crippen molar-refractivity contribution in [3.63, 3.8) is 0 Å². The third-order valence-corrected chi connectivity index (χ3v) is 12.9. The molecular weight excluding hydrogens is 426 g/mol. The van der Waals surface area contributed by atoms with E-state index in [1.165, 1.54) is 50.8 Å². The summed E-state index contributed by atoms with van der Waals surface area (Å²) in [5.74, 6) is 1.78. The van der Waals surface area contributed by atoms with Gasteiger partial charge in [-0.05, 0) is 73.8 Å². The zero-order valence-corrected chi connectivity index (χ0v) is 21.5. The van der Waals surface area contributed by atoms with E-state index in [1.54, 1.807) is 0 Å². The van der Waals surface area contributed by atoms with E-state index in [1.807, 2.05) is 0 Å². The minimum atomic E-state index is -1.85. The minimum absolute atomic E-state index is 0.375. The second-order valence-corrected chi connectivity index (χ2v) is 14.2. The van der Waals surface area contributed by atoms with Crippen molar-refractivity contribution in [2.24, 2.45) is 11.8 Å². The highest BCUT2D eigenvalue weighted by Gasteiger charge is 2.43. The van der Waals surface area contributed by atoms with Gasteiger partial charge in [-0.1, -0.05) is 98.1 Å². The molecule has 1 fully saturated rings. The molecule has 0 bridgehead atoms. The molecule has 0 spiro atoms. The normalized spacial score (nSPS) is 27.1. The van der Waals surface area contributed by atoms with Crippen molar-refractivity contribution in [2.75, 3.05) is 0 Å². The zero-order chi connectivity index (χ0) is 22.4. The van der Waals surface area contributed by atoms with E-state index in [0.717, 1.165) is 6.42 Å². The Labute approximate surface area is 195 Å². The molecule has 32 heavy (non-hydrogen) atoms. The fourth-order valence-electron chi connectivity index (χ4n) is 5.93. The summed E-state index contributed by atoms with van der Waals surface area (Å²) in [6.45, 7) is 9.04. The van der Waals surface area contributed by atoms with Gasteiger partial charge < -0.3 is 4.57 Å². The van der Waals surface area contributed by atoms with Crippen LogP contribution < -0.4 is 21.2 Å². The van der Waals surface area contributed by atoms with Gasteiger partial charge in [0.25, 0.3) is 0 Å². The van der Waals surface area contributed by atoms with Crippen LogP contribution in [-0.4, -0.2) is 5.66 Å². The molecule has 1 saturated carbocycles. The van der Waals surface area contributed by atoms with Crippen molar-refractivity contribution in [3.8, 4) is 0 Å². The molecule has 2 aliphatic rings. The summed E-state index contributed by atoms with van der Waals surface area (Å²) in [5.41, 5.74) is 4.31. The minimum Gasteiger partial charge on any atom is -0.322 e. The van der Waals surface area contributed by atoms with Gasteiger partial charge >= 0.3 is 0 Å². The molecule has 0 N–H and O–H groups in total. The van der Waals surface area contributed by atoms with Gasteiger partial charge in [0.05, 0.1) is 0 Å². The lowest BCUT2D eigenvalue weighted by Gasteiger charge is -2.43. The molecule has 2 unspecified atom stereocenters. The molecule has 3 aromatic rings. The summed E-state index contributed by atoms with van der Waals surface area (Å²) >= 11 is 0. The van der Waals surface area contributed by atoms with Crippen LogP contribution in [-0.2, 0) is 4.57 Å². The van der Waals surface area contributed by atoms with Crippen molar-refractivity contribution >= 4 is 36.9 Å². The summed E-state index contributed by atoms with van der Waals surface area (Å²) in [7, 11) is -2.59. The number of hydrogen-bond donors (Lipinski definition) is 0. The van der Waals surface area contributed by atoms with Gasteiger partial charge in [0.2, 0.25) is 0 Å². The van der Waals surface area contributed by atoms with Crippen molar-refractivity contribution in [3.05, 3.63) is 83.4 Å². The highest BCUT2D eigenvalue weighted by atomic mass is 31.1. The zero-order valence-electron chi connectivity index (χ0n) is 19.6. The lowest BCUT2D eigenvalue weighted by molar-refractivity contribution is 0.263. The number of hydrogen-bond acceptors (Lipinski definition) is 1. The monoisotopic (exact) mass is 460 g/mol. The molecule has 1 aliphatic heterocycles. The van der Waals surface area contributed by atoms with Gasteiger partial charge in [-0.15, -0.1) is 0 Å². The first-order valence-electron chi connectivity index (χ1n) is 12.0. The molecule has 0 amide bonds. The fourth-order valence-corrected chi connectivity index (χ4v) is 11.7. The molecule has 5 rings (SSSR count). The number of benzene rings is 3. The van der Waals surface area contributed by atoms with Crippen molar-refractivity contribution in [1.29, 1.82) is 0 Å². The van der Waals surface area contributed by atoms with Crippen LogP contribution in [0.15, 0.2) is 66.7 Å². The molecular formula is C29H34OP2.